The minimum atomic E-state index is -0.472. The molecular formula is C12H9BrN2O2S2. The van der Waals surface area contributed by atoms with Gasteiger partial charge in [-0.25, -0.2) is 0 Å². The summed E-state index contributed by atoms with van der Waals surface area (Å²) in [5, 5.41) is 2.61. The smallest absolute Gasteiger partial charge is 0.265 e. The summed E-state index contributed by atoms with van der Waals surface area (Å²) in [5.41, 5.74) is 0.0739. The van der Waals surface area contributed by atoms with E-state index in [-0.39, 0.29) is 17.2 Å². The summed E-state index contributed by atoms with van der Waals surface area (Å²) in [4.78, 5) is 26.2. The number of halogens is 1. The molecule has 0 atom stereocenters. The van der Waals surface area contributed by atoms with Crippen LogP contribution in [0.4, 0.5) is 0 Å². The maximum atomic E-state index is 12.2. The van der Waals surface area contributed by atoms with Crippen molar-refractivity contribution >= 4 is 62.5 Å². The van der Waals surface area contributed by atoms with Gasteiger partial charge in [0, 0.05) is 11.4 Å². The molecule has 0 unspecified atom stereocenters. The Labute approximate surface area is 127 Å². The molecule has 4 nitrogen and oxygen atoms in total. The summed E-state index contributed by atoms with van der Waals surface area (Å²) in [6.07, 6.45) is 3.12. The molecule has 0 radical (unpaired) electrons. The second kappa shape index (κ2) is 5.77. The second-order valence-electron chi connectivity index (χ2n) is 3.66. The van der Waals surface area contributed by atoms with Gasteiger partial charge in [0.05, 0.1) is 3.79 Å². The molecule has 2 rings (SSSR count). The molecule has 1 aliphatic heterocycles. The first-order valence-electron chi connectivity index (χ1n) is 5.28. The van der Waals surface area contributed by atoms with Crippen LogP contribution in [0.5, 0.6) is 0 Å². The van der Waals surface area contributed by atoms with Gasteiger partial charge in [0.25, 0.3) is 11.8 Å². The lowest BCUT2D eigenvalue weighted by molar-refractivity contribution is -0.128. The van der Waals surface area contributed by atoms with Crippen LogP contribution in [0.15, 0.2) is 34.1 Å². The molecule has 1 fully saturated rings. The van der Waals surface area contributed by atoms with Gasteiger partial charge in [-0.2, -0.15) is 0 Å². The van der Waals surface area contributed by atoms with Gasteiger partial charge in [-0.3, -0.25) is 19.8 Å². The maximum Gasteiger partial charge on any atom is 0.265 e. The first kappa shape index (κ1) is 14.1. The molecule has 0 spiro atoms. The fourth-order valence-corrected chi connectivity index (χ4v) is 3.15. The highest BCUT2D eigenvalue weighted by Crippen LogP contribution is 2.25. The molecule has 2 heterocycles. The van der Waals surface area contributed by atoms with Crippen molar-refractivity contribution in [3.05, 3.63) is 39.0 Å². The van der Waals surface area contributed by atoms with Crippen molar-refractivity contribution in [1.82, 2.24) is 10.2 Å². The van der Waals surface area contributed by atoms with Gasteiger partial charge in [0.1, 0.15) is 5.57 Å². The first-order valence-corrected chi connectivity index (χ1v) is 7.30. The van der Waals surface area contributed by atoms with Crippen LogP contribution in [0.3, 0.4) is 0 Å². The van der Waals surface area contributed by atoms with Gasteiger partial charge in [-0.05, 0) is 46.4 Å². The minimum absolute atomic E-state index is 0.0739. The molecule has 1 aromatic heterocycles. The van der Waals surface area contributed by atoms with E-state index >= 15 is 0 Å². The van der Waals surface area contributed by atoms with Crippen LogP contribution in [-0.4, -0.2) is 28.4 Å². The monoisotopic (exact) mass is 356 g/mol. The lowest BCUT2D eigenvalue weighted by Crippen LogP contribution is -2.53. The van der Waals surface area contributed by atoms with Crippen LogP contribution < -0.4 is 5.32 Å². The zero-order valence-corrected chi connectivity index (χ0v) is 12.9. The zero-order chi connectivity index (χ0) is 14.0. The molecule has 2 amide bonds. The van der Waals surface area contributed by atoms with Crippen molar-refractivity contribution < 1.29 is 9.59 Å². The van der Waals surface area contributed by atoms with Gasteiger partial charge in [0.2, 0.25) is 0 Å². The Kier molecular flexibility index (Phi) is 4.28. The number of thiophene rings is 1. The predicted molar refractivity (Wildman–Crippen MR) is 82.6 cm³/mol. The zero-order valence-electron chi connectivity index (χ0n) is 9.68. The molecule has 0 saturated carbocycles. The van der Waals surface area contributed by atoms with Crippen LogP contribution in [0, 0.1) is 0 Å². The number of amides is 2. The fourth-order valence-electron chi connectivity index (χ4n) is 1.54. The van der Waals surface area contributed by atoms with Crippen molar-refractivity contribution in [3.8, 4) is 0 Å². The number of rotatable bonds is 3. The molecule has 0 bridgehead atoms. The summed E-state index contributed by atoms with van der Waals surface area (Å²) in [6, 6.07) is 3.68. The number of hydrogen-bond donors (Lipinski definition) is 1. The quantitative estimate of drug-likeness (QED) is 0.391. The van der Waals surface area contributed by atoms with Crippen molar-refractivity contribution in [2.75, 3.05) is 6.54 Å². The lowest BCUT2D eigenvalue weighted by Gasteiger charge is -2.27. The molecule has 1 saturated heterocycles. The van der Waals surface area contributed by atoms with E-state index in [1.54, 1.807) is 12.2 Å². The van der Waals surface area contributed by atoms with Crippen LogP contribution in [0.1, 0.15) is 4.88 Å². The van der Waals surface area contributed by atoms with E-state index in [2.05, 4.69) is 27.8 Å². The summed E-state index contributed by atoms with van der Waals surface area (Å²) >= 11 is 9.73. The van der Waals surface area contributed by atoms with Crippen molar-refractivity contribution in [2.24, 2.45) is 0 Å². The Morgan fingerprint density at radius 1 is 1.47 bits per heavy atom. The van der Waals surface area contributed by atoms with E-state index in [0.29, 0.717) is 0 Å². The Morgan fingerprint density at radius 3 is 2.79 bits per heavy atom. The van der Waals surface area contributed by atoms with Gasteiger partial charge >= 0.3 is 0 Å². The molecule has 98 valence electrons. The molecule has 1 aliphatic rings. The van der Waals surface area contributed by atoms with Gasteiger partial charge in [0.15, 0.2) is 5.11 Å². The summed E-state index contributed by atoms with van der Waals surface area (Å²) in [7, 11) is 0. The van der Waals surface area contributed by atoms with Crippen LogP contribution in [0.2, 0.25) is 0 Å². The van der Waals surface area contributed by atoms with E-state index in [9.17, 15) is 9.59 Å². The van der Waals surface area contributed by atoms with Crippen LogP contribution in [-0.2, 0) is 9.59 Å². The molecule has 7 heteroatoms. The highest BCUT2D eigenvalue weighted by atomic mass is 79.9. The fraction of sp³-hybridized carbons (Fsp3) is 0.0833. The minimum Gasteiger partial charge on any atom is -0.298 e. The van der Waals surface area contributed by atoms with Crippen LogP contribution in [0.25, 0.3) is 6.08 Å². The van der Waals surface area contributed by atoms with Crippen molar-refractivity contribution in [1.29, 1.82) is 0 Å². The van der Waals surface area contributed by atoms with Crippen LogP contribution >= 0.6 is 39.5 Å². The van der Waals surface area contributed by atoms with E-state index in [1.807, 2.05) is 12.1 Å². The summed E-state index contributed by atoms with van der Waals surface area (Å²) in [5.74, 6) is -0.877. The third-order valence-electron chi connectivity index (χ3n) is 2.38. The standard InChI is InChI=1S/C12H9BrN2O2S2/c1-2-5-15-11(17)8(10(16)14-12(15)18)6-7-3-4-9(13)19-7/h2-4,6H,1,5H2,(H,14,16,18)/b8-6+. The SMILES string of the molecule is C=CCN1C(=O)/C(=C/c2ccc(Br)s2)C(=O)NC1=S. The number of nitrogens with one attached hydrogen (secondary N) is 1. The average molecular weight is 357 g/mol. The second-order valence-corrected chi connectivity index (χ2v) is 6.54. The van der Waals surface area contributed by atoms with E-state index in [0.717, 1.165) is 8.66 Å². The van der Waals surface area contributed by atoms with Crippen molar-refractivity contribution in [3.63, 3.8) is 0 Å². The van der Waals surface area contributed by atoms with E-state index in [1.165, 1.54) is 16.2 Å². The molecule has 1 aromatic rings. The Balaban J connectivity index is 2.35. The third kappa shape index (κ3) is 2.99. The lowest BCUT2D eigenvalue weighted by atomic mass is 10.1. The Bertz CT molecular complexity index is 607. The predicted octanol–water partition coefficient (Wildman–Crippen LogP) is 2.32. The molecule has 19 heavy (non-hydrogen) atoms. The topological polar surface area (TPSA) is 49.4 Å². The largest absolute Gasteiger partial charge is 0.298 e. The molecule has 0 aliphatic carbocycles. The number of hydrogen-bond acceptors (Lipinski definition) is 4. The van der Waals surface area contributed by atoms with Crippen molar-refractivity contribution in [2.45, 2.75) is 0 Å². The number of thiocarbonyl (C=S) groups is 1. The highest BCUT2D eigenvalue weighted by Gasteiger charge is 2.32. The molecule has 1 N–H and O–H groups in total. The van der Waals surface area contributed by atoms with Gasteiger partial charge in [-0.1, -0.05) is 6.08 Å². The third-order valence-corrected chi connectivity index (χ3v) is 4.27. The maximum absolute atomic E-state index is 12.2. The number of nitrogens with zero attached hydrogens (tertiary/aromatic N) is 1. The summed E-state index contributed by atoms with van der Waals surface area (Å²) < 4.78 is 0.932. The Morgan fingerprint density at radius 2 is 2.21 bits per heavy atom. The first-order chi connectivity index (χ1) is 9.02. The molecular weight excluding hydrogens is 348 g/mol. The summed E-state index contributed by atoms with van der Waals surface area (Å²) in [6.45, 7) is 3.83. The van der Waals surface area contributed by atoms with Gasteiger partial charge in [-0.15, -0.1) is 17.9 Å². The highest BCUT2D eigenvalue weighted by molar-refractivity contribution is 9.11. The Hall–Kier alpha value is -1.31. The van der Waals surface area contributed by atoms with Gasteiger partial charge < -0.3 is 0 Å². The van der Waals surface area contributed by atoms with E-state index in [4.69, 9.17) is 12.2 Å². The number of carbonyl (C=O) groups is 2. The average Bonchev–Trinajstić information content (AvgIpc) is 2.76. The normalized spacial score (nSPS) is 17.8. The molecule has 0 aromatic carbocycles. The number of carbonyl (C=O) groups excluding carboxylic acids is 2. The van der Waals surface area contributed by atoms with E-state index < -0.39 is 11.8 Å².